The first-order chi connectivity index (χ1) is 4.74. The predicted molar refractivity (Wildman–Crippen MR) is 59.6 cm³/mol. The molecule has 0 aliphatic heterocycles. The van der Waals surface area contributed by atoms with E-state index in [4.69, 9.17) is 0 Å². The molecule has 1 aromatic rings. The average molecular weight is 346 g/mol. The Labute approximate surface area is 93.6 Å². The molecule has 0 unspecified atom stereocenters. The van der Waals surface area contributed by atoms with E-state index in [0.29, 0.717) is 0 Å². The molecular formula is C7H8Br3N. The van der Waals surface area contributed by atoms with E-state index in [1.54, 1.807) is 0 Å². The molecule has 0 aliphatic carbocycles. The number of rotatable bonds is 1. The van der Waals surface area contributed by atoms with Crippen molar-refractivity contribution in [3.63, 3.8) is 0 Å². The van der Waals surface area contributed by atoms with Crippen LogP contribution in [-0.4, -0.2) is 4.98 Å². The second kappa shape index (κ2) is 5.27. The number of aryl methyl sites for hydroxylation is 1. The summed E-state index contributed by atoms with van der Waals surface area (Å²) < 4.78 is 1.06. The molecule has 1 aromatic heterocycles. The zero-order chi connectivity index (χ0) is 7.56. The summed E-state index contributed by atoms with van der Waals surface area (Å²) in [5.74, 6) is 0. The summed E-state index contributed by atoms with van der Waals surface area (Å²) in [7, 11) is 0. The first-order valence-electron chi connectivity index (χ1n) is 2.91. The van der Waals surface area contributed by atoms with Crippen LogP contribution < -0.4 is 0 Å². The fraction of sp³-hybridized carbons (Fsp3) is 0.286. The van der Waals surface area contributed by atoms with Crippen molar-refractivity contribution in [1.82, 2.24) is 4.98 Å². The molecule has 0 aromatic carbocycles. The molecule has 0 amide bonds. The van der Waals surface area contributed by atoms with E-state index in [9.17, 15) is 0 Å². The Morgan fingerprint density at radius 1 is 1.55 bits per heavy atom. The van der Waals surface area contributed by atoms with E-state index < -0.39 is 0 Å². The lowest BCUT2D eigenvalue weighted by Crippen LogP contribution is -1.85. The maximum atomic E-state index is 4.12. The second-order valence-corrected chi connectivity index (χ2v) is 3.47. The number of hydrogen-bond acceptors (Lipinski definition) is 1. The zero-order valence-corrected chi connectivity index (χ0v) is 10.9. The number of pyridine rings is 1. The molecule has 1 rings (SSSR count). The highest BCUT2D eigenvalue weighted by Gasteiger charge is 1.97. The van der Waals surface area contributed by atoms with Crippen molar-refractivity contribution in [3.05, 3.63) is 28.0 Å². The smallest absolute Gasteiger partial charge is 0.0416 e. The molecule has 0 N–H and O–H groups in total. The van der Waals surface area contributed by atoms with Crippen molar-refractivity contribution < 1.29 is 0 Å². The van der Waals surface area contributed by atoms with Gasteiger partial charge >= 0.3 is 0 Å². The predicted octanol–water partition coefficient (Wildman–Crippen LogP) is 3.63. The summed E-state index contributed by atoms with van der Waals surface area (Å²) in [5, 5.41) is 0.872. The molecular weight excluding hydrogens is 338 g/mol. The van der Waals surface area contributed by atoms with Crippen LogP contribution in [0.2, 0.25) is 0 Å². The van der Waals surface area contributed by atoms with Crippen LogP contribution in [0.4, 0.5) is 0 Å². The molecule has 0 bridgehead atoms. The van der Waals surface area contributed by atoms with Gasteiger partial charge in [-0.15, -0.1) is 17.0 Å². The third kappa shape index (κ3) is 3.22. The third-order valence-corrected chi connectivity index (χ3v) is 2.53. The van der Waals surface area contributed by atoms with Crippen LogP contribution >= 0.6 is 48.8 Å². The molecule has 0 saturated heterocycles. The Bertz CT molecular complexity index is 237. The van der Waals surface area contributed by atoms with Crippen LogP contribution in [-0.2, 0) is 5.33 Å². The Kier molecular flexibility index (Phi) is 5.56. The maximum Gasteiger partial charge on any atom is 0.0416 e. The highest BCUT2D eigenvalue weighted by atomic mass is 79.9. The van der Waals surface area contributed by atoms with Crippen molar-refractivity contribution >= 4 is 48.8 Å². The molecule has 11 heavy (non-hydrogen) atoms. The first kappa shape index (κ1) is 11.6. The van der Waals surface area contributed by atoms with Crippen molar-refractivity contribution in [3.8, 4) is 0 Å². The lowest BCUT2D eigenvalue weighted by atomic mass is 10.3. The summed E-state index contributed by atoms with van der Waals surface area (Å²) in [6, 6.07) is 2.05. The summed E-state index contributed by atoms with van der Waals surface area (Å²) >= 11 is 6.78. The summed E-state index contributed by atoms with van der Waals surface area (Å²) in [5.41, 5.74) is 2.30. The molecule has 0 spiro atoms. The van der Waals surface area contributed by atoms with Crippen molar-refractivity contribution in [2.45, 2.75) is 12.3 Å². The molecule has 1 heterocycles. The lowest BCUT2D eigenvalue weighted by molar-refractivity contribution is 1.16. The number of aromatic nitrogens is 1. The van der Waals surface area contributed by atoms with Gasteiger partial charge in [0, 0.05) is 21.7 Å². The van der Waals surface area contributed by atoms with Crippen LogP contribution in [0, 0.1) is 6.92 Å². The lowest BCUT2D eigenvalue weighted by Gasteiger charge is -1.99. The van der Waals surface area contributed by atoms with E-state index in [1.165, 1.54) is 5.56 Å². The Morgan fingerprint density at radius 3 is 2.64 bits per heavy atom. The Hall–Kier alpha value is 0.590. The van der Waals surface area contributed by atoms with Crippen LogP contribution in [0.15, 0.2) is 16.7 Å². The van der Waals surface area contributed by atoms with Gasteiger partial charge in [0.05, 0.1) is 0 Å². The van der Waals surface area contributed by atoms with E-state index in [2.05, 4.69) is 42.9 Å². The standard InChI is InChI=1S/C7H7Br2N.BrH/c1-5-2-6(3-8)7(9)4-10-5;/h2,4H,3H2,1H3;1H. The van der Waals surface area contributed by atoms with E-state index in [0.717, 1.165) is 15.5 Å². The topological polar surface area (TPSA) is 12.9 Å². The number of hydrogen-bond donors (Lipinski definition) is 0. The van der Waals surface area contributed by atoms with Gasteiger partial charge in [0.15, 0.2) is 0 Å². The van der Waals surface area contributed by atoms with Crippen molar-refractivity contribution in [1.29, 1.82) is 0 Å². The fourth-order valence-electron chi connectivity index (χ4n) is 0.702. The number of alkyl halides is 1. The molecule has 0 radical (unpaired) electrons. The minimum atomic E-state index is 0. The zero-order valence-electron chi connectivity index (χ0n) is 5.97. The van der Waals surface area contributed by atoms with Gasteiger partial charge in [-0.1, -0.05) is 15.9 Å². The molecule has 0 aliphatic rings. The molecule has 0 fully saturated rings. The van der Waals surface area contributed by atoms with Gasteiger partial charge in [0.1, 0.15) is 0 Å². The highest BCUT2D eigenvalue weighted by Crippen LogP contribution is 2.18. The number of nitrogens with zero attached hydrogens (tertiary/aromatic N) is 1. The van der Waals surface area contributed by atoms with Crippen LogP contribution in [0.3, 0.4) is 0 Å². The van der Waals surface area contributed by atoms with Gasteiger partial charge in [-0.25, -0.2) is 0 Å². The normalized spacial score (nSPS) is 9.00. The van der Waals surface area contributed by atoms with E-state index in [1.807, 2.05) is 13.1 Å². The molecule has 1 nitrogen and oxygen atoms in total. The van der Waals surface area contributed by atoms with Gasteiger partial charge in [-0.3, -0.25) is 4.98 Å². The monoisotopic (exact) mass is 343 g/mol. The van der Waals surface area contributed by atoms with Gasteiger partial charge in [-0.2, -0.15) is 0 Å². The third-order valence-electron chi connectivity index (χ3n) is 1.22. The van der Waals surface area contributed by atoms with Crippen LogP contribution in [0.25, 0.3) is 0 Å². The molecule has 0 atom stereocenters. The van der Waals surface area contributed by atoms with E-state index in [-0.39, 0.29) is 17.0 Å². The fourth-order valence-corrected chi connectivity index (χ4v) is 1.90. The molecule has 0 saturated carbocycles. The van der Waals surface area contributed by atoms with Gasteiger partial charge in [-0.05, 0) is 34.5 Å². The van der Waals surface area contributed by atoms with Gasteiger partial charge in [0.25, 0.3) is 0 Å². The van der Waals surface area contributed by atoms with Gasteiger partial charge in [0.2, 0.25) is 0 Å². The van der Waals surface area contributed by atoms with Crippen molar-refractivity contribution in [2.75, 3.05) is 0 Å². The Morgan fingerprint density at radius 2 is 2.18 bits per heavy atom. The number of halogens is 3. The first-order valence-corrected chi connectivity index (χ1v) is 4.82. The van der Waals surface area contributed by atoms with Gasteiger partial charge < -0.3 is 0 Å². The van der Waals surface area contributed by atoms with Crippen molar-refractivity contribution in [2.24, 2.45) is 0 Å². The van der Waals surface area contributed by atoms with E-state index >= 15 is 0 Å². The van der Waals surface area contributed by atoms with Crippen LogP contribution in [0.5, 0.6) is 0 Å². The minimum absolute atomic E-state index is 0. The molecule has 62 valence electrons. The largest absolute Gasteiger partial charge is 0.260 e. The summed E-state index contributed by atoms with van der Waals surface area (Å²) in [4.78, 5) is 4.12. The quantitative estimate of drug-likeness (QED) is 0.708. The molecule has 4 heteroatoms. The summed E-state index contributed by atoms with van der Waals surface area (Å²) in [6.07, 6.45) is 1.83. The van der Waals surface area contributed by atoms with Crippen LogP contribution in [0.1, 0.15) is 11.3 Å². The second-order valence-electron chi connectivity index (χ2n) is 2.05. The summed E-state index contributed by atoms with van der Waals surface area (Å²) in [6.45, 7) is 1.98. The highest BCUT2D eigenvalue weighted by molar-refractivity contribution is 9.10. The average Bonchev–Trinajstić information content (AvgIpc) is 1.94. The Balaban J connectivity index is 0.000001000. The SMILES string of the molecule is Br.Cc1cc(CBr)c(Br)cn1. The minimum Gasteiger partial charge on any atom is -0.260 e. The maximum absolute atomic E-state index is 4.12.